The maximum Gasteiger partial charge on any atom is 0.118 e. The molecule has 2 heteroatoms. The number of hydrogen-bond donors (Lipinski definition) is 0. The van der Waals surface area contributed by atoms with E-state index in [9.17, 15) is 0 Å². The van der Waals surface area contributed by atoms with Crippen molar-refractivity contribution in [3.63, 3.8) is 0 Å². The predicted molar refractivity (Wildman–Crippen MR) is 83.9 cm³/mol. The smallest absolute Gasteiger partial charge is 0.118 e. The van der Waals surface area contributed by atoms with Crippen LogP contribution < -0.4 is 4.74 Å². The summed E-state index contributed by atoms with van der Waals surface area (Å²) in [7, 11) is 1.69. The number of methoxy groups -OCH3 is 1. The van der Waals surface area contributed by atoms with Gasteiger partial charge in [-0.1, -0.05) is 59.0 Å². The molecule has 92 valence electrons. The maximum atomic E-state index is 5.12. The van der Waals surface area contributed by atoms with Crippen molar-refractivity contribution in [1.29, 1.82) is 0 Å². The fourth-order valence-electron chi connectivity index (χ4n) is 1.43. The number of ether oxygens (including phenoxy) is 1. The van der Waals surface area contributed by atoms with E-state index in [0.29, 0.717) is 0 Å². The van der Waals surface area contributed by atoms with Gasteiger partial charge in [-0.2, -0.15) is 0 Å². The summed E-state index contributed by atoms with van der Waals surface area (Å²) in [5.41, 5.74) is 1.22. The Kier molecular flexibility index (Phi) is 7.80. The standard InChI is InChI=1S/C15H19IO/c1-17-15-11-9-14(10-12-15)8-6-4-2-3-5-7-13-16/h3,5-6,8-12H,2,4,7,13H2,1H3/b5-3+,8-6+. The second-order valence-corrected chi connectivity index (χ2v) is 4.78. The quantitative estimate of drug-likeness (QED) is 0.297. The van der Waals surface area contributed by atoms with Gasteiger partial charge in [-0.25, -0.2) is 0 Å². The Morgan fingerprint density at radius 3 is 2.29 bits per heavy atom. The molecule has 0 aliphatic carbocycles. The summed E-state index contributed by atoms with van der Waals surface area (Å²) in [6.45, 7) is 0. The molecular weight excluding hydrogens is 323 g/mol. The van der Waals surface area contributed by atoms with Gasteiger partial charge in [0.25, 0.3) is 0 Å². The van der Waals surface area contributed by atoms with E-state index >= 15 is 0 Å². The van der Waals surface area contributed by atoms with E-state index in [2.05, 4.69) is 59.0 Å². The molecule has 0 radical (unpaired) electrons. The number of alkyl halides is 1. The van der Waals surface area contributed by atoms with Gasteiger partial charge in [0, 0.05) is 4.43 Å². The Bertz CT molecular complexity index is 352. The van der Waals surface area contributed by atoms with Crippen LogP contribution in [0.15, 0.2) is 42.5 Å². The van der Waals surface area contributed by atoms with Gasteiger partial charge in [-0.3, -0.25) is 0 Å². The van der Waals surface area contributed by atoms with Crippen LogP contribution in [-0.4, -0.2) is 11.5 Å². The topological polar surface area (TPSA) is 9.23 Å². The molecule has 0 saturated heterocycles. The van der Waals surface area contributed by atoms with Gasteiger partial charge in [0.05, 0.1) is 7.11 Å². The molecule has 17 heavy (non-hydrogen) atoms. The first-order valence-corrected chi connectivity index (χ1v) is 7.41. The molecule has 1 rings (SSSR count). The summed E-state index contributed by atoms with van der Waals surface area (Å²) >= 11 is 2.39. The third-order valence-corrected chi connectivity index (χ3v) is 2.99. The lowest BCUT2D eigenvalue weighted by Gasteiger charge is -1.98. The zero-order chi connectivity index (χ0) is 12.3. The predicted octanol–water partition coefficient (Wildman–Crippen LogP) is 4.87. The lowest BCUT2D eigenvalue weighted by Crippen LogP contribution is -1.81. The van der Waals surface area contributed by atoms with Crippen molar-refractivity contribution < 1.29 is 4.74 Å². The molecule has 0 spiro atoms. The van der Waals surface area contributed by atoms with Crippen molar-refractivity contribution in [3.8, 4) is 5.75 Å². The number of allylic oxidation sites excluding steroid dienone is 3. The van der Waals surface area contributed by atoms with Crippen LogP contribution in [0.1, 0.15) is 24.8 Å². The Balaban J connectivity index is 2.28. The second-order valence-electron chi connectivity index (χ2n) is 3.70. The summed E-state index contributed by atoms with van der Waals surface area (Å²) in [5, 5.41) is 0. The molecule has 0 saturated carbocycles. The number of rotatable bonds is 7. The number of unbranched alkanes of at least 4 members (excludes halogenated alkanes) is 1. The largest absolute Gasteiger partial charge is 0.497 e. The van der Waals surface area contributed by atoms with Crippen LogP contribution in [0, 0.1) is 0 Å². The summed E-state index contributed by atoms with van der Waals surface area (Å²) < 4.78 is 6.32. The third kappa shape index (κ3) is 6.51. The summed E-state index contributed by atoms with van der Waals surface area (Å²) in [6.07, 6.45) is 12.3. The SMILES string of the molecule is COc1ccc(/C=C/CC/C=C/CCI)cc1. The number of hydrogen-bond acceptors (Lipinski definition) is 1. The van der Waals surface area contributed by atoms with Crippen molar-refractivity contribution >= 4 is 28.7 Å². The number of halogens is 1. The van der Waals surface area contributed by atoms with Crippen LogP contribution in [0.3, 0.4) is 0 Å². The highest BCUT2D eigenvalue weighted by Crippen LogP contribution is 2.12. The van der Waals surface area contributed by atoms with Crippen molar-refractivity contribution in [2.45, 2.75) is 19.3 Å². The highest BCUT2D eigenvalue weighted by molar-refractivity contribution is 14.1. The van der Waals surface area contributed by atoms with E-state index in [1.54, 1.807) is 7.11 Å². The molecule has 1 aromatic carbocycles. The van der Waals surface area contributed by atoms with Gasteiger partial charge >= 0.3 is 0 Å². The minimum absolute atomic E-state index is 0.906. The summed E-state index contributed by atoms with van der Waals surface area (Å²) in [4.78, 5) is 0. The van der Waals surface area contributed by atoms with Crippen molar-refractivity contribution in [1.82, 2.24) is 0 Å². The van der Waals surface area contributed by atoms with Crippen molar-refractivity contribution in [2.24, 2.45) is 0 Å². The molecule has 0 aliphatic heterocycles. The van der Waals surface area contributed by atoms with Gasteiger partial charge < -0.3 is 4.74 Å². The average Bonchev–Trinajstić information content (AvgIpc) is 2.38. The lowest BCUT2D eigenvalue weighted by atomic mass is 10.2. The van der Waals surface area contributed by atoms with E-state index in [0.717, 1.165) is 18.6 Å². The number of benzene rings is 1. The van der Waals surface area contributed by atoms with E-state index in [-0.39, 0.29) is 0 Å². The highest BCUT2D eigenvalue weighted by atomic mass is 127. The Morgan fingerprint density at radius 1 is 1.00 bits per heavy atom. The fourth-order valence-corrected chi connectivity index (χ4v) is 1.79. The fraction of sp³-hybridized carbons (Fsp3) is 0.333. The molecule has 0 amide bonds. The molecule has 1 aromatic rings. The highest BCUT2D eigenvalue weighted by Gasteiger charge is 1.89. The first kappa shape index (κ1) is 14.3. The molecule has 0 aliphatic rings. The maximum absolute atomic E-state index is 5.12. The van der Waals surface area contributed by atoms with E-state index in [1.807, 2.05) is 12.1 Å². The normalized spacial score (nSPS) is 11.4. The Morgan fingerprint density at radius 2 is 1.65 bits per heavy atom. The van der Waals surface area contributed by atoms with E-state index < -0.39 is 0 Å². The minimum atomic E-state index is 0.906. The lowest BCUT2D eigenvalue weighted by molar-refractivity contribution is 0.415. The summed E-state index contributed by atoms with van der Waals surface area (Å²) in [6, 6.07) is 8.11. The molecule has 0 aromatic heterocycles. The van der Waals surface area contributed by atoms with Gasteiger partial charge in [0.2, 0.25) is 0 Å². The summed E-state index contributed by atoms with van der Waals surface area (Å²) in [5.74, 6) is 0.906. The Labute approximate surface area is 118 Å². The van der Waals surface area contributed by atoms with E-state index in [1.165, 1.54) is 16.4 Å². The van der Waals surface area contributed by atoms with Gasteiger partial charge in [0.1, 0.15) is 5.75 Å². The third-order valence-electron chi connectivity index (χ3n) is 2.37. The molecule has 0 heterocycles. The molecule has 1 nitrogen and oxygen atoms in total. The molecule has 0 unspecified atom stereocenters. The van der Waals surface area contributed by atoms with Gasteiger partial charge in [-0.05, 0) is 37.0 Å². The molecule has 0 fully saturated rings. The van der Waals surface area contributed by atoms with Crippen LogP contribution in [0.5, 0.6) is 5.75 Å². The van der Waals surface area contributed by atoms with Crippen LogP contribution in [0.2, 0.25) is 0 Å². The monoisotopic (exact) mass is 342 g/mol. The zero-order valence-electron chi connectivity index (χ0n) is 10.2. The van der Waals surface area contributed by atoms with Crippen molar-refractivity contribution in [2.75, 3.05) is 11.5 Å². The molecule has 0 atom stereocenters. The minimum Gasteiger partial charge on any atom is -0.497 e. The van der Waals surface area contributed by atoms with Gasteiger partial charge in [-0.15, -0.1) is 0 Å². The first-order chi connectivity index (χ1) is 8.36. The zero-order valence-corrected chi connectivity index (χ0v) is 12.4. The molecular formula is C15H19IO. The van der Waals surface area contributed by atoms with Crippen LogP contribution in [0.4, 0.5) is 0 Å². The molecule has 0 bridgehead atoms. The van der Waals surface area contributed by atoms with Gasteiger partial charge in [0.15, 0.2) is 0 Å². The molecule has 0 N–H and O–H groups in total. The van der Waals surface area contributed by atoms with Crippen molar-refractivity contribution in [3.05, 3.63) is 48.1 Å². The average molecular weight is 342 g/mol. The Hall–Kier alpha value is -0.770. The van der Waals surface area contributed by atoms with Crippen LogP contribution in [-0.2, 0) is 0 Å². The van der Waals surface area contributed by atoms with Crippen LogP contribution >= 0.6 is 22.6 Å². The second kappa shape index (κ2) is 9.28. The van der Waals surface area contributed by atoms with E-state index in [4.69, 9.17) is 4.74 Å². The van der Waals surface area contributed by atoms with Crippen LogP contribution in [0.25, 0.3) is 6.08 Å². The first-order valence-electron chi connectivity index (χ1n) is 5.88.